The number of nitrogens with zero attached hydrogens (tertiary/aromatic N) is 2. The van der Waals surface area contributed by atoms with E-state index in [4.69, 9.17) is 14.3 Å². The normalized spacial score (nSPS) is 17.7. The van der Waals surface area contributed by atoms with Crippen LogP contribution in [-0.2, 0) is 22.6 Å². The molecular formula is C13H20N2O4. The summed E-state index contributed by atoms with van der Waals surface area (Å²) < 4.78 is 10.7. The Morgan fingerprint density at radius 2 is 2.05 bits per heavy atom. The maximum Gasteiger partial charge on any atom is 0.303 e. The highest BCUT2D eigenvalue weighted by Crippen LogP contribution is 2.43. The van der Waals surface area contributed by atoms with Crippen molar-refractivity contribution in [1.82, 2.24) is 10.2 Å². The average molecular weight is 268 g/mol. The molecule has 2 rings (SSSR count). The highest BCUT2D eigenvalue weighted by atomic mass is 16.5. The highest BCUT2D eigenvalue weighted by molar-refractivity contribution is 5.67. The standard InChI is InChI=1S/C13H20N2O4/c1-2-18-9-11-15-14-10(19-11)7-13(8-12(16)17)5-3-4-6-13/h2-9H2,1H3,(H,16,17). The lowest BCUT2D eigenvalue weighted by molar-refractivity contribution is -0.139. The fraction of sp³-hybridized carbons (Fsp3) is 0.769. The second kappa shape index (κ2) is 6.14. The summed E-state index contributed by atoms with van der Waals surface area (Å²) in [7, 11) is 0. The van der Waals surface area contributed by atoms with Gasteiger partial charge in [-0.25, -0.2) is 0 Å². The lowest BCUT2D eigenvalue weighted by atomic mass is 9.79. The molecule has 1 fully saturated rings. The van der Waals surface area contributed by atoms with E-state index in [1.54, 1.807) is 0 Å². The number of ether oxygens (including phenoxy) is 1. The quantitative estimate of drug-likeness (QED) is 0.815. The second-order valence-electron chi connectivity index (χ2n) is 5.18. The van der Waals surface area contributed by atoms with Gasteiger partial charge in [0, 0.05) is 13.0 Å². The van der Waals surface area contributed by atoms with Crippen LogP contribution in [0.4, 0.5) is 0 Å². The largest absolute Gasteiger partial charge is 0.481 e. The molecular weight excluding hydrogens is 248 g/mol. The van der Waals surface area contributed by atoms with E-state index in [-0.39, 0.29) is 11.8 Å². The molecule has 19 heavy (non-hydrogen) atoms. The Balaban J connectivity index is 2.00. The van der Waals surface area contributed by atoms with Gasteiger partial charge in [0.05, 0.1) is 6.42 Å². The fourth-order valence-corrected chi connectivity index (χ4v) is 2.79. The van der Waals surface area contributed by atoms with Crippen molar-refractivity contribution in [2.45, 2.75) is 52.1 Å². The van der Waals surface area contributed by atoms with E-state index in [9.17, 15) is 4.79 Å². The van der Waals surface area contributed by atoms with Crippen molar-refractivity contribution in [2.24, 2.45) is 5.41 Å². The number of carbonyl (C=O) groups is 1. The molecule has 106 valence electrons. The Labute approximate surface area is 112 Å². The molecule has 1 saturated carbocycles. The molecule has 6 heteroatoms. The maximum absolute atomic E-state index is 11.0. The Kier molecular flexibility index (Phi) is 4.52. The second-order valence-corrected chi connectivity index (χ2v) is 5.18. The Hall–Kier alpha value is -1.43. The van der Waals surface area contributed by atoms with E-state index in [0.717, 1.165) is 25.7 Å². The zero-order valence-electron chi connectivity index (χ0n) is 11.2. The van der Waals surface area contributed by atoms with Gasteiger partial charge in [0.15, 0.2) is 0 Å². The van der Waals surface area contributed by atoms with Crippen molar-refractivity contribution >= 4 is 5.97 Å². The molecule has 6 nitrogen and oxygen atoms in total. The number of hydrogen-bond donors (Lipinski definition) is 1. The van der Waals surface area contributed by atoms with Crippen molar-refractivity contribution in [3.8, 4) is 0 Å². The van der Waals surface area contributed by atoms with Gasteiger partial charge in [0.2, 0.25) is 11.8 Å². The lowest BCUT2D eigenvalue weighted by Crippen LogP contribution is -2.24. The maximum atomic E-state index is 11.0. The van der Waals surface area contributed by atoms with Crippen molar-refractivity contribution in [2.75, 3.05) is 6.61 Å². The first-order valence-electron chi connectivity index (χ1n) is 6.74. The van der Waals surface area contributed by atoms with Crippen LogP contribution in [0.2, 0.25) is 0 Å². The van der Waals surface area contributed by atoms with Crippen LogP contribution in [0.15, 0.2) is 4.42 Å². The third kappa shape index (κ3) is 3.76. The first-order valence-corrected chi connectivity index (χ1v) is 6.74. The molecule has 0 atom stereocenters. The van der Waals surface area contributed by atoms with E-state index in [0.29, 0.717) is 31.4 Å². The van der Waals surface area contributed by atoms with Crippen LogP contribution in [0.1, 0.15) is 50.8 Å². The van der Waals surface area contributed by atoms with Crippen molar-refractivity contribution in [1.29, 1.82) is 0 Å². The molecule has 0 radical (unpaired) electrons. The molecule has 0 bridgehead atoms. The minimum Gasteiger partial charge on any atom is -0.481 e. The van der Waals surface area contributed by atoms with Crippen molar-refractivity contribution < 1.29 is 19.1 Å². The van der Waals surface area contributed by atoms with E-state index in [2.05, 4.69) is 10.2 Å². The van der Waals surface area contributed by atoms with Gasteiger partial charge >= 0.3 is 5.97 Å². The third-order valence-electron chi connectivity index (χ3n) is 3.66. The van der Waals surface area contributed by atoms with Crippen LogP contribution >= 0.6 is 0 Å². The van der Waals surface area contributed by atoms with Gasteiger partial charge in [-0.2, -0.15) is 0 Å². The molecule has 1 heterocycles. The summed E-state index contributed by atoms with van der Waals surface area (Å²) in [4.78, 5) is 11.0. The summed E-state index contributed by atoms with van der Waals surface area (Å²) in [5, 5.41) is 17.0. The smallest absolute Gasteiger partial charge is 0.303 e. The predicted octanol–water partition coefficient (Wildman–Crippen LogP) is 2.18. The summed E-state index contributed by atoms with van der Waals surface area (Å²) in [5.74, 6) is 0.231. The summed E-state index contributed by atoms with van der Waals surface area (Å²) in [6.45, 7) is 2.81. The summed E-state index contributed by atoms with van der Waals surface area (Å²) >= 11 is 0. The average Bonchev–Trinajstić information content (AvgIpc) is 2.96. The first kappa shape index (κ1) is 14.0. The van der Waals surface area contributed by atoms with Gasteiger partial charge in [0.1, 0.15) is 6.61 Å². The number of carboxylic acid groups (broad SMARTS) is 1. The van der Waals surface area contributed by atoms with Crippen molar-refractivity contribution in [3.05, 3.63) is 11.8 Å². The molecule has 0 aromatic carbocycles. The summed E-state index contributed by atoms with van der Waals surface area (Å²) in [5.41, 5.74) is -0.207. The number of carboxylic acids is 1. The van der Waals surface area contributed by atoms with E-state index < -0.39 is 5.97 Å². The zero-order valence-corrected chi connectivity index (χ0v) is 11.2. The van der Waals surface area contributed by atoms with Crippen LogP contribution in [0.3, 0.4) is 0 Å². The topological polar surface area (TPSA) is 85.5 Å². The van der Waals surface area contributed by atoms with Crippen LogP contribution in [0.5, 0.6) is 0 Å². The van der Waals surface area contributed by atoms with Gasteiger partial charge < -0.3 is 14.3 Å². The lowest BCUT2D eigenvalue weighted by Gasteiger charge is -2.24. The van der Waals surface area contributed by atoms with Crippen LogP contribution in [-0.4, -0.2) is 27.9 Å². The summed E-state index contributed by atoms with van der Waals surface area (Å²) in [6, 6.07) is 0. The molecule has 1 aliphatic carbocycles. The van der Waals surface area contributed by atoms with Gasteiger partial charge in [0.25, 0.3) is 0 Å². The Morgan fingerprint density at radius 3 is 2.68 bits per heavy atom. The van der Waals surface area contributed by atoms with Gasteiger partial charge in [-0.05, 0) is 25.2 Å². The molecule has 0 amide bonds. The molecule has 0 unspecified atom stereocenters. The van der Waals surface area contributed by atoms with E-state index in [1.165, 1.54) is 0 Å². The highest BCUT2D eigenvalue weighted by Gasteiger charge is 2.37. The number of rotatable bonds is 7. The Bertz CT molecular complexity index is 424. The van der Waals surface area contributed by atoms with Crippen molar-refractivity contribution in [3.63, 3.8) is 0 Å². The predicted molar refractivity (Wildman–Crippen MR) is 66.5 cm³/mol. The summed E-state index contributed by atoms with van der Waals surface area (Å²) in [6.07, 6.45) is 4.72. The van der Waals surface area contributed by atoms with Crippen LogP contribution in [0.25, 0.3) is 0 Å². The van der Waals surface area contributed by atoms with Gasteiger partial charge in [-0.15, -0.1) is 10.2 Å². The number of aliphatic carboxylic acids is 1. The molecule has 0 saturated heterocycles. The zero-order chi connectivity index (χ0) is 13.7. The molecule has 1 aromatic heterocycles. The van der Waals surface area contributed by atoms with Gasteiger partial charge in [-0.1, -0.05) is 12.8 Å². The molecule has 0 spiro atoms. The SMILES string of the molecule is CCOCc1nnc(CC2(CC(=O)O)CCCC2)o1. The van der Waals surface area contributed by atoms with Gasteiger partial charge in [-0.3, -0.25) is 4.79 Å². The van der Waals surface area contributed by atoms with Crippen LogP contribution < -0.4 is 0 Å². The molecule has 1 aromatic rings. The molecule has 1 aliphatic rings. The monoisotopic (exact) mass is 268 g/mol. The van der Waals surface area contributed by atoms with E-state index in [1.807, 2.05) is 6.92 Å². The fourth-order valence-electron chi connectivity index (χ4n) is 2.79. The number of aromatic nitrogens is 2. The minimum atomic E-state index is -0.754. The first-order chi connectivity index (χ1) is 9.13. The minimum absolute atomic E-state index is 0.177. The Morgan fingerprint density at radius 1 is 1.37 bits per heavy atom. The molecule has 1 N–H and O–H groups in total. The number of hydrogen-bond acceptors (Lipinski definition) is 5. The van der Waals surface area contributed by atoms with E-state index >= 15 is 0 Å². The third-order valence-corrected chi connectivity index (χ3v) is 3.66. The molecule has 0 aliphatic heterocycles. The van der Waals surface area contributed by atoms with Crippen LogP contribution in [0, 0.1) is 5.41 Å².